The lowest BCUT2D eigenvalue weighted by Crippen LogP contribution is -2.35. The van der Waals surface area contributed by atoms with Crippen molar-refractivity contribution in [1.29, 1.82) is 0 Å². The molecule has 4 aromatic rings. The number of pyridine rings is 2. The second kappa shape index (κ2) is 13.3. The molecule has 5 rings (SSSR count). The Kier molecular flexibility index (Phi) is 9.48. The summed E-state index contributed by atoms with van der Waals surface area (Å²) in [6.07, 6.45) is 5.19. The number of aryl methyl sites for hydroxylation is 1. The predicted molar refractivity (Wildman–Crippen MR) is 168 cm³/mol. The number of benzene rings is 1. The Hall–Kier alpha value is -3.43. The summed E-state index contributed by atoms with van der Waals surface area (Å²) in [6.45, 7) is 8.29. The number of hydrogen-bond acceptors (Lipinski definition) is 6. The summed E-state index contributed by atoms with van der Waals surface area (Å²) in [5.41, 5.74) is 6.23. The molecule has 0 spiro atoms. The zero-order valence-corrected chi connectivity index (χ0v) is 25.8. The highest BCUT2D eigenvalue weighted by atomic mass is 35.5. The molecule has 220 valence electrons. The molecule has 1 aliphatic rings. The first-order chi connectivity index (χ1) is 20.3. The second-order valence-corrected chi connectivity index (χ2v) is 11.6. The van der Waals surface area contributed by atoms with E-state index in [1.807, 2.05) is 47.2 Å². The number of amides is 1. The number of nitrogens with one attached hydrogen (secondary N) is 3. The molecule has 4 heterocycles. The van der Waals surface area contributed by atoms with Gasteiger partial charge in [-0.25, -0.2) is 9.97 Å². The molecule has 42 heavy (non-hydrogen) atoms. The highest BCUT2D eigenvalue weighted by Gasteiger charge is 2.21. The molecule has 3 aromatic heterocycles. The topological polar surface area (TPSA) is 93.1 Å². The lowest BCUT2D eigenvalue weighted by atomic mass is 10.0. The average Bonchev–Trinajstić information content (AvgIpc) is 3.56. The van der Waals surface area contributed by atoms with Crippen molar-refractivity contribution >= 4 is 29.1 Å². The summed E-state index contributed by atoms with van der Waals surface area (Å²) in [5, 5.41) is 10.9. The number of hydrogen-bond donors (Lipinski definition) is 3. The Morgan fingerprint density at radius 3 is 2.60 bits per heavy atom. The van der Waals surface area contributed by atoms with E-state index in [2.05, 4.69) is 47.8 Å². The van der Waals surface area contributed by atoms with E-state index < -0.39 is 0 Å². The van der Waals surface area contributed by atoms with Crippen LogP contribution >= 0.6 is 23.2 Å². The van der Waals surface area contributed by atoms with Crippen molar-refractivity contribution in [2.45, 2.75) is 58.8 Å². The van der Waals surface area contributed by atoms with Crippen molar-refractivity contribution < 1.29 is 9.53 Å². The first-order valence-electron chi connectivity index (χ1n) is 14.1. The summed E-state index contributed by atoms with van der Waals surface area (Å²) in [5.74, 6) is 1.28. The molecule has 0 saturated carbocycles. The van der Waals surface area contributed by atoms with Crippen molar-refractivity contribution in [2.75, 3.05) is 13.7 Å². The van der Waals surface area contributed by atoms with Gasteiger partial charge in [0.25, 0.3) is 0 Å². The van der Waals surface area contributed by atoms with Crippen LogP contribution in [0.1, 0.15) is 43.5 Å². The third kappa shape index (κ3) is 6.47. The van der Waals surface area contributed by atoms with Gasteiger partial charge >= 0.3 is 0 Å². The maximum atomic E-state index is 11.5. The van der Waals surface area contributed by atoms with Gasteiger partial charge in [0, 0.05) is 78.5 Å². The fraction of sp³-hybridized carbons (Fsp3) is 0.344. The maximum absolute atomic E-state index is 11.5. The number of halogens is 2. The van der Waals surface area contributed by atoms with Gasteiger partial charge in [-0.05, 0) is 37.1 Å². The van der Waals surface area contributed by atoms with E-state index in [9.17, 15) is 4.79 Å². The third-order valence-electron chi connectivity index (χ3n) is 7.48. The normalized spacial score (nSPS) is 14.9. The summed E-state index contributed by atoms with van der Waals surface area (Å²) in [6, 6.07) is 14.2. The molecule has 1 fully saturated rings. The van der Waals surface area contributed by atoms with Crippen molar-refractivity contribution in [1.82, 2.24) is 30.5 Å². The minimum Gasteiger partial charge on any atom is -0.481 e. The Morgan fingerprint density at radius 2 is 1.86 bits per heavy atom. The number of aromatic nitrogens is 3. The molecular weight excluding hydrogens is 571 g/mol. The molecule has 1 aromatic carbocycles. The molecule has 1 aliphatic heterocycles. The molecular formula is C32H36Cl2N6O2. The van der Waals surface area contributed by atoms with E-state index >= 15 is 0 Å². The number of carbonyl (C=O) groups excluding carboxylic acids is 1. The quantitative estimate of drug-likeness (QED) is 0.191. The SMILES string of the molecule is COc1nc(-c2cccc(-c3ccnc(-n4ccc(C)c4CNC(C)C)c3Cl)c2Cl)ccc1CNC[C@@H]1CCC(=O)N1. The van der Waals surface area contributed by atoms with E-state index in [1.54, 1.807) is 13.3 Å². The van der Waals surface area contributed by atoms with Crippen LogP contribution in [-0.2, 0) is 17.9 Å². The molecule has 3 N–H and O–H groups in total. The highest BCUT2D eigenvalue weighted by molar-refractivity contribution is 6.38. The molecule has 10 heteroatoms. The first-order valence-corrected chi connectivity index (χ1v) is 14.9. The molecule has 0 radical (unpaired) electrons. The molecule has 1 amide bonds. The van der Waals surface area contributed by atoms with Gasteiger partial charge in [0.1, 0.15) is 0 Å². The third-order valence-corrected chi connectivity index (χ3v) is 8.26. The van der Waals surface area contributed by atoms with Crippen molar-refractivity contribution in [3.05, 3.63) is 81.7 Å². The van der Waals surface area contributed by atoms with Crippen LogP contribution in [-0.4, -0.2) is 46.2 Å². The van der Waals surface area contributed by atoms with Crippen LogP contribution < -0.4 is 20.7 Å². The van der Waals surface area contributed by atoms with Gasteiger partial charge in [-0.3, -0.25) is 4.79 Å². The number of methoxy groups -OCH3 is 1. The van der Waals surface area contributed by atoms with E-state index in [4.69, 9.17) is 32.9 Å². The predicted octanol–water partition coefficient (Wildman–Crippen LogP) is 6.09. The molecule has 1 saturated heterocycles. The van der Waals surface area contributed by atoms with Crippen molar-refractivity contribution in [3.63, 3.8) is 0 Å². The summed E-state index contributed by atoms with van der Waals surface area (Å²) >= 11 is 14.1. The fourth-order valence-electron chi connectivity index (χ4n) is 5.17. The molecule has 0 aliphatic carbocycles. The number of rotatable bonds is 11. The van der Waals surface area contributed by atoms with Gasteiger partial charge in [-0.15, -0.1) is 0 Å². The zero-order valence-electron chi connectivity index (χ0n) is 24.3. The zero-order chi connectivity index (χ0) is 29.8. The number of carbonyl (C=O) groups is 1. The van der Waals surface area contributed by atoms with Crippen molar-refractivity contribution in [3.8, 4) is 34.1 Å². The van der Waals surface area contributed by atoms with Crippen LogP contribution in [0.5, 0.6) is 5.88 Å². The maximum Gasteiger partial charge on any atom is 0.220 e. The Bertz CT molecular complexity index is 1590. The van der Waals surface area contributed by atoms with Gasteiger partial charge in [0.15, 0.2) is 5.82 Å². The molecule has 1 atom stereocenters. The average molecular weight is 608 g/mol. The van der Waals surface area contributed by atoms with Gasteiger partial charge in [-0.2, -0.15) is 0 Å². The Labute approximate surface area is 256 Å². The second-order valence-electron chi connectivity index (χ2n) is 10.8. The van der Waals surface area contributed by atoms with Crippen LogP contribution in [0.4, 0.5) is 0 Å². The monoisotopic (exact) mass is 606 g/mol. The van der Waals surface area contributed by atoms with E-state index in [1.165, 1.54) is 0 Å². The minimum atomic E-state index is 0.109. The largest absolute Gasteiger partial charge is 0.481 e. The lowest BCUT2D eigenvalue weighted by Gasteiger charge is -2.17. The Morgan fingerprint density at radius 1 is 1.07 bits per heavy atom. The number of nitrogens with zero attached hydrogens (tertiary/aromatic N) is 3. The number of ether oxygens (including phenoxy) is 1. The first kappa shape index (κ1) is 30.0. The fourth-order valence-corrected chi connectivity index (χ4v) is 5.80. The molecule has 0 unspecified atom stereocenters. The minimum absolute atomic E-state index is 0.109. The van der Waals surface area contributed by atoms with Gasteiger partial charge in [0.2, 0.25) is 11.8 Å². The van der Waals surface area contributed by atoms with Crippen LogP contribution in [0, 0.1) is 6.92 Å². The molecule has 8 nitrogen and oxygen atoms in total. The van der Waals surface area contributed by atoms with Crippen molar-refractivity contribution in [2.24, 2.45) is 0 Å². The molecule has 0 bridgehead atoms. The van der Waals surface area contributed by atoms with Crippen LogP contribution in [0.3, 0.4) is 0 Å². The highest BCUT2D eigenvalue weighted by Crippen LogP contribution is 2.40. The Balaban J connectivity index is 1.42. The lowest BCUT2D eigenvalue weighted by molar-refractivity contribution is -0.119. The van der Waals surface area contributed by atoms with Gasteiger partial charge in [-0.1, -0.05) is 61.3 Å². The smallest absolute Gasteiger partial charge is 0.220 e. The summed E-state index contributed by atoms with van der Waals surface area (Å²) in [4.78, 5) is 20.9. The van der Waals surface area contributed by atoms with E-state index in [0.29, 0.717) is 59.5 Å². The van der Waals surface area contributed by atoms with E-state index in [0.717, 1.165) is 39.9 Å². The van der Waals surface area contributed by atoms with Gasteiger partial charge < -0.3 is 25.3 Å². The van der Waals surface area contributed by atoms with Crippen LogP contribution in [0.25, 0.3) is 28.2 Å². The standard InChI is InChI=1S/C32H36Cl2N6O2/c1-19(2)37-18-27-20(3)13-15-40(27)31-30(34)24(12-14-36-31)23-6-5-7-25(29(23)33)26-10-8-21(32(39-26)42-4)16-35-17-22-9-11-28(41)38-22/h5-8,10,12-15,19,22,35,37H,9,11,16-18H2,1-4H3,(H,38,41)/t22-/m0/s1. The van der Waals surface area contributed by atoms with Crippen LogP contribution in [0.2, 0.25) is 10.0 Å². The summed E-state index contributed by atoms with van der Waals surface area (Å²) in [7, 11) is 1.61. The van der Waals surface area contributed by atoms with Gasteiger partial charge in [0.05, 0.1) is 22.8 Å². The van der Waals surface area contributed by atoms with Crippen LogP contribution in [0.15, 0.2) is 54.9 Å². The van der Waals surface area contributed by atoms with E-state index in [-0.39, 0.29) is 11.9 Å². The summed E-state index contributed by atoms with van der Waals surface area (Å²) < 4.78 is 7.67.